The van der Waals surface area contributed by atoms with Gasteiger partial charge in [0, 0.05) is 28.2 Å². The fourth-order valence-electron chi connectivity index (χ4n) is 5.07. The van der Waals surface area contributed by atoms with E-state index >= 15 is 0 Å². The van der Waals surface area contributed by atoms with Crippen LogP contribution in [-0.2, 0) is 12.8 Å². The predicted molar refractivity (Wildman–Crippen MR) is 131 cm³/mol. The Morgan fingerprint density at radius 3 is 1.48 bits per heavy atom. The summed E-state index contributed by atoms with van der Waals surface area (Å²) < 4.78 is 2.57. The Morgan fingerprint density at radius 1 is 0.516 bits per heavy atom. The Bertz CT molecular complexity index is 1210. The maximum atomic E-state index is 2.57. The van der Waals surface area contributed by atoms with Gasteiger partial charge < -0.3 is 4.57 Å². The van der Waals surface area contributed by atoms with Crippen molar-refractivity contribution in [2.45, 2.75) is 25.7 Å². The van der Waals surface area contributed by atoms with E-state index in [4.69, 9.17) is 0 Å². The molecule has 0 atom stereocenters. The second-order valence-corrected chi connectivity index (χ2v) is 8.44. The first-order valence-electron chi connectivity index (χ1n) is 11.2. The zero-order chi connectivity index (χ0) is 20.6. The van der Waals surface area contributed by atoms with Crippen molar-refractivity contribution >= 4 is 12.2 Å². The molecule has 1 heterocycles. The normalized spacial score (nSPS) is 14.3. The highest BCUT2D eigenvalue weighted by atomic mass is 15.0. The highest BCUT2D eigenvalue weighted by Gasteiger charge is 2.23. The van der Waals surface area contributed by atoms with Gasteiger partial charge in [-0.1, -0.05) is 85.0 Å². The molecule has 31 heavy (non-hydrogen) atoms. The van der Waals surface area contributed by atoms with Crippen LogP contribution in [0.5, 0.6) is 0 Å². The lowest BCUT2D eigenvalue weighted by Crippen LogP contribution is -2.07. The number of benzene rings is 3. The van der Waals surface area contributed by atoms with E-state index in [1.165, 1.54) is 50.5 Å². The zero-order valence-electron chi connectivity index (χ0n) is 17.6. The second kappa shape index (κ2) is 7.59. The first kappa shape index (κ1) is 18.2. The molecule has 0 spiro atoms. The van der Waals surface area contributed by atoms with Gasteiger partial charge in [0.05, 0.1) is 0 Å². The number of allylic oxidation sites excluding steroid dienone is 2. The van der Waals surface area contributed by atoms with Crippen molar-refractivity contribution in [1.29, 1.82) is 0 Å². The Hall–Kier alpha value is -3.58. The standard InChI is InChI=1S/C30H25N/c1-3-11-22(12-4-1)24-19-25(23-13-5-2-6-14-23)21-26(20-24)31-29-17-9-7-15-27(29)28-16-8-10-18-30(28)31/h1-8,11-16,19-21H,9-10,17-18H2. The molecule has 3 aromatic carbocycles. The summed E-state index contributed by atoms with van der Waals surface area (Å²) in [7, 11) is 0. The van der Waals surface area contributed by atoms with Crippen molar-refractivity contribution in [3.8, 4) is 27.9 Å². The minimum absolute atomic E-state index is 1.10. The van der Waals surface area contributed by atoms with Crippen LogP contribution < -0.4 is 0 Å². The molecule has 0 aliphatic heterocycles. The molecule has 1 nitrogen and oxygen atoms in total. The lowest BCUT2D eigenvalue weighted by atomic mass is 9.97. The van der Waals surface area contributed by atoms with E-state index in [0.29, 0.717) is 0 Å². The molecule has 0 unspecified atom stereocenters. The van der Waals surface area contributed by atoms with Crippen LogP contribution in [0.15, 0.2) is 91.0 Å². The van der Waals surface area contributed by atoms with Gasteiger partial charge in [0.2, 0.25) is 0 Å². The SMILES string of the molecule is C1=Cc2c3c(n(-c4cc(-c5ccccc5)cc(-c5ccccc5)c4)c2CC1)CCC=C3. The van der Waals surface area contributed by atoms with Crippen LogP contribution in [0.1, 0.15) is 35.4 Å². The van der Waals surface area contributed by atoms with Gasteiger partial charge in [0.25, 0.3) is 0 Å². The molecule has 0 amide bonds. The van der Waals surface area contributed by atoms with Crippen LogP contribution in [0.4, 0.5) is 0 Å². The van der Waals surface area contributed by atoms with E-state index in [1.54, 1.807) is 0 Å². The van der Waals surface area contributed by atoms with E-state index in [2.05, 4.69) is 108 Å². The molecule has 1 aromatic heterocycles. The molecule has 4 aromatic rings. The fraction of sp³-hybridized carbons (Fsp3) is 0.133. The molecular weight excluding hydrogens is 374 g/mol. The molecular formula is C30H25N. The largest absolute Gasteiger partial charge is 0.317 e. The average Bonchev–Trinajstić information content (AvgIpc) is 3.19. The van der Waals surface area contributed by atoms with Crippen LogP contribution in [0.25, 0.3) is 40.1 Å². The predicted octanol–water partition coefficient (Wildman–Crippen LogP) is 7.73. The van der Waals surface area contributed by atoms with Gasteiger partial charge >= 0.3 is 0 Å². The molecule has 0 N–H and O–H groups in total. The van der Waals surface area contributed by atoms with Gasteiger partial charge in [-0.15, -0.1) is 0 Å². The van der Waals surface area contributed by atoms with Crippen LogP contribution in [0.2, 0.25) is 0 Å². The maximum absolute atomic E-state index is 2.57. The number of aromatic nitrogens is 1. The molecule has 0 fully saturated rings. The second-order valence-electron chi connectivity index (χ2n) is 8.44. The van der Waals surface area contributed by atoms with Gasteiger partial charge in [0.1, 0.15) is 0 Å². The minimum Gasteiger partial charge on any atom is -0.317 e. The summed E-state index contributed by atoms with van der Waals surface area (Å²) in [5.74, 6) is 0. The molecule has 0 bridgehead atoms. The van der Waals surface area contributed by atoms with Crippen LogP contribution in [0, 0.1) is 0 Å². The minimum atomic E-state index is 1.10. The Kier molecular flexibility index (Phi) is 4.46. The molecule has 1 heteroatoms. The van der Waals surface area contributed by atoms with E-state index in [9.17, 15) is 0 Å². The third-order valence-corrected chi connectivity index (χ3v) is 6.51. The van der Waals surface area contributed by atoms with Gasteiger partial charge in [0.15, 0.2) is 0 Å². The van der Waals surface area contributed by atoms with Crippen LogP contribution in [-0.4, -0.2) is 4.57 Å². The molecule has 2 aliphatic rings. The van der Waals surface area contributed by atoms with E-state index in [1.807, 2.05) is 0 Å². The summed E-state index contributed by atoms with van der Waals surface area (Å²) in [6, 6.07) is 28.6. The monoisotopic (exact) mass is 399 g/mol. The third-order valence-electron chi connectivity index (χ3n) is 6.51. The first-order valence-corrected chi connectivity index (χ1v) is 11.2. The summed E-state index contributed by atoms with van der Waals surface area (Å²) in [4.78, 5) is 0. The summed E-state index contributed by atoms with van der Waals surface area (Å²) in [6.45, 7) is 0. The Balaban J connectivity index is 1.62. The number of hydrogen-bond donors (Lipinski definition) is 0. The lowest BCUT2D eigenvalue weighted by molar-refractivity contribution is 0.814. The number of hydrogen-bond acceptors (Lipinski definition) is 0. The van der Waals surface area contributed by atoms with Gasteiger partial charge in [-0.3, -0.25) is 0 Å². The quantitative estimate of drug-likeness (QED) is 0.332. The molecule has 2 aliphatic carbocycles. The summed E-state index contributed by atoms with van der Waals surface area (Å²) in [6.07, 6.45) is 13.8. The summed E-state index contributed by atoms with van der Waals surface area (Å²) in [5, 5.41) is 0. The van der Waals surface area contributed by atoms with Crippen molar-refractivity contribution in [3.05, 3.63) is 114 Å². The third kappa shape index (κ3) is 3.18. The number of fused-ring (bicyclic) bond motifs is 3. The van der Waals surface area contributed by atoms with E-state index in [0.717, 1.165) is 25.7 Å². The first-order chi connectivity index (χ1) is 15.4. The van der Waals surface area contributed by atoms with Crippen molar-refractivity contribution in [1.82, 2.24) is 4.57 Å². The highest BCUT2D eigenvalue weighted by Crippen LogP contribution is 2.38. The maximum Gasteiger partial charge on any atom is 0.0468 e. The fourth-order valence-corrected chi connectivity index (χ4v) is 5.07. The number of nitrogens with zero attached hydrogens (tertiary/aromatic N) is 1. The molecule has 0 saturated carbocycles. The van der Waals surface area contributed by atoms with Crippen molar-refractivity contribution < 1.29 is 0 Å². The highest BCUT2D eigenvalue weighted by molar-refractivity contribution is 5.78. The van der Waals surface area contributed by atoms with E-state index < -0.39 is 0 Å². The van der Waals surface area contributed by atoms with Crippen molar-refractivity contribution in [3.63, 3.8) is 0 Å². The molecule has 0 radical (unpaired) electrons. The topological polar surface area (TPSA) is 4.93 Å². The van der Waals surface area contributed by atoms with E-state index in [-0.39, 0.29) is 0 Å². The summed E-state index contributed by atoms with van der Waals surface area (Å²) in [5.41, 5.74) is 12.1. The van der Waals surface area contributed by atoms with Crippen molar-refractivity contribution in [2.24, 2.45) is 0 Å². The Morgan fingerprint density at radius 2 is 1.00 bits per heavy atom. The zero-order valence-corrected chi connectivity index (χ0v) is 17.6. The molecule has 6 rings (SSSR count). The van der Waals surface area contributed by atoms with Gasteiger partial charge in [-0.2, -0.15) is 0 Å². The number of rotatable bonds is 3. The molecule has 150 valence electrons. The van der Waals surface area contributed by atoms with Gasteiger partial charge in [-0.25, -0.2) is 0 Å². The smallest absolute Gasteiger partial charge is 0.0468 e. The Labute approximate surface area is 184 Å². The van der Waals surface area contributed by atoms with Gasteiger partial charge in [-0.05, 0) is 66.1 Å². The lowest BCUT2D eigenvalue weighted by Gasteiger charge is -2.18. The average molecular weight is 400 g/mol. The molecule has 0 saturated heterocycles. The summed E-state index contributed by atoms with van der Waals surface area (Å²) >= 11 is 0. The van der Waals surface area contributed by atoms with Crippen LogP contribution in [0.3, 0.4) is 0 Å². The van der Waals surface area contributed by atoms with Crippen molar-refractivity contribution in [2.75, 3.05) is 0 Å². The van der Waals surface area contributed by atoms with Crippen LogP contribution >= 0.6 is 0 Å².